The fraction of sp³-hybridized carbons (Fsp3) is 0.571. The Morgan fingerprint density at radius 3 is 1.90 bits per heavy atom. The van der Waals surface area contributed by atoms with Crippen LogP contribution in [0.2, 0.25) is 0 Å². The Labute approximate surface area is 236 Å². The van der Waals surface area contributed by atoms with E-state index in [1.54, 1.807) is 55.0 Å². The molecule has 0 saturated heterocycles. The predicted octanol–water partition coefficient (Wildman–Crippen LogP) is 2.60. The first-order valence-corrected chi connectivity index (χ1v) is 13.0. The molecule has 3 rings (SSSR count). The summed E-state index contributed by atoms with van der Waals surface area (Å²) in [5.41, 5.74) is -7.61. The number of hydrogen-bond acceptors (Lipinski definition) is 8. The zero-order valence-electron chi connectivity index (χ0n) is 23.9. The molecule has 1 saturated carbocycles. The molecule has 0 bridgehead atoms. The Hall–Kier alpha value is -2.53. The molecule has 0 heterocycles. The first-order valence-electron chi connectivity index (χ1n) is 12.3. The van der Waals surface area contributed by atoms with E-state index in [1.165, 1.54) is 25.7 Å². The number of allylic oxidation sites excluding steroid dienone is 2. The molecule has 0 radical (unpaired) electrons. The molecule has 213 valence electrons. The molecule has 11 heteroatoms. The second-order valence-electron chi connectivity index (χ2n) is 12.4. The normalized spacial score (nSPS) is 38.1. The van der Waals surface area contributed by atoms with Gasteiger partial charge in [-0.15, -0.1) is 0 Å². The van der Waals surface area contributed by atoms with Gasteiger partial charge in [0, 0.05) is 0 Å². The Morgan fingerprint density at radius 2 is 1.51 bits per heavy atom. The molecular formula is C28H36FN2O7V-. The number of Topliss-reactive ketones (excluding diaryl/α,β-unsaturated/α-hetero) is 2. The van der Waals surface area contributed by atoms with E-state index in [2.05, 4.69) is 17.0 Å². The number of carbonyl (C=O) groups excluding carboxylic acids is 3. The van der Waals surface area contributed by atoms with Crippen LogP contribution in [-0.4, -0.2) is 72.3 Å². The quantitative estimate of drug-likeness (QED) is 0.147. The number of fused-ring (bicyclic) bond motifs is 2. The molecule has 3 aliphatic carbocycles. The first-order chi connectivity index (χ1) is 17.4. The number of amides is 1. The molecule has 4 atom stereocenters. The topological polar surface area (TPSA) is 161 Å². The van der Waals surface area contributed by atoms with Crippen LogP contribution >= 0.6 is 0 Å². The predicted molar refractivity (Wildman–Crippen MR) is 138 cm³/mol. The van der Waals surface area contributed by atoms with Crippen molar-refractivity contribution >= 4 is 21.7 Å². The Bertz CT molecular complexity index is 1390. The summed E-state index contributed by atoms with van der Waals surface area (Å²) < 4.78 is 14.9. The van der Waals surface area contributed by atoms with Crippen molar-refractivity contribution in [2.24, 2.45) is 27.4 Å². The molecule has 6 N–H and O–H groups in total. The number of rotatable bonds is 3. The number of nitrogens with zero attached hydrogens (tertiary/aromatic N) is 1. The summed E-state index contributed by atoms with van der Waals surface area (Å²) in [6.45, 7) is 12.6. The molecule has 1 unspecified atom stereocenters. The second kappa shape index (κ2) is 8.49. The molecule has 39 heavy (non-hydrogen) atoms. The maximum absolute atomic E-state index is 14.7. The van der Waals surface area contributed by atoms with Gasteiger partial charge in [-0.05, 0) is 0 Å². The van der Waals surface area contributed by atoms with Gasteiger partial charge in [-0.25, -0.2) is 0 Å². The number of nitrogens with two attached hydrogens (primary N) is 1. The van der Waals surface area contributed by atoms with E-state index < -0.39 is 84.3 Å². The number of ketones is 2. The van der Waals surface area contributed by atoms with Crippen LogP contribution in [0.3, 0.4) is 0 Å². The number of halogens is 1. The van der Waals surface area contributed by atoms with Crippen LogP contribution in [0.5, 0.6) is 0 Å². The van der Waals surface area contributed by atoms with E-state index in [0.717, 1.165) is 0 Å². The fourth-order valence-electron chi connectivity index (χ4n) is 7.67. The summed E-state index contributed by atoms with van der Waals surface area (Å²) in [5.74, 6) is -6.06. The number of carbonyl (C=O) groups is 3. The van der Waals surface area contributed by atoms with Gasteiger partial charge in [-0.3, -0.25) is 0 Å². The number of aliphatic hydroxyl groups excluding tert-OH is 3. The average Bonchev–Trinajstić information content (AvgIpc) is 2.81. The van der Waals surface area contributed by atoms with Crippen molar-refractivity contribution in [3.8, 4) is 0 Å². The van der Waals surface area contributed by atoms with E-state index in [9.17, 15) is 39.2 Å². The minimum atomic E-state index is -3.02. The molecule has 0 aliphatic heterocycles. The molecule has 3 aliphatic rings. The van der Waals surface area contributed by atoms with Crippen LogP contribution < -0.4 is 5.73 Å². The van der Waals surface area contributed by atoms with Gasteiger partial charge < -0.3 is 0 Å². The third kappa shape index (κ3) is 2.93. The van der Waals surface area contributed by atoms with Crippen LogP contribution in [-0.2, 0) is 31.4 Å². The van der Waals surface area contributed by atoms with Gasteiger partial charge in [0.05, 0.1) is 0 Å². The minimum absolute atomic E-state index is 0.227. The molecule has 0 aromatic heterocycles. The summed E-state index contributed by atoms with van der Waals surface area (Å²) in [7, 11) is 3.09. The number of hydrogen-bond donors (Lipinski definition) is 5. The van der Waals surface area contributed by atoms with Crippen LogP contribution in [0.25, 0.3) is 0 Å². The van der Waals surface area contributed by atoms with Crippen molar-refractivity contribution in [1.29, 1.82) is 0 Å². The van der Waals surface area contributed by atoms with Gasteiger partial charge >= 0.3 is 237 Å². The van der Waals surface area contributed by atoms with Crippen LogP contribution in [0, 0.1) is 28.0 Å². The van der Waals surface area contributed by atoms with Crippen molar-refractivity contribution < 1.29 is 56.2 Å². The van der Waals surface area contributed by atoms with E-state index in [1.807, 2.05) is 0 Å². The number of aliphatic hydroxyl groups is 4. The molecule has 1 amide bonds. The third-order valence-electron chi connectivity index (χ3n) is 10.9. The Morgan fingerprint density at radius 1 is 1.03 bits per heavy atom. The van der Waals surface area contributed by atoms with Crippen molar-refractivity contribution in [3.63, 3.8) is 0 Å². The molecule has 0 aromatic carbocycles. The summed E-state index contributed by atoms with van der Waals surface area (Å²) in [6.07, 6.45) is 1.61. The third-order valence-corrected chi connectivity index (χ3v) is 11.3. The zero-order valence-corrected chi connectivity index (χ0v) is 25.3. The standard InChI is InChI=1S/C28H36FN2O7.V/c1-11-14(32)15-13(12-29)23(2,3)25(6)17(18(15)33)21(36)28(38)20(35)16(22(30)37)19(34)26(7,31(9)10)27(28,8)24(25,4)5;/h32-34,38H,1-10H3,(H2,30,37);/q-1;/t25-,26+,27-,28?;/m0./s1. The van der Waals surface area contributed by atoms with Gasteiger partial charge in [0.1, 0.15) is 0 Å². The molecule has 0 spiro atoms. The van der Waals surface area contributed by atoms with Crippen LogP contribution in [0.1, 0.15) is 55.4 Å². The van der Waals surface area contributed by atoms with E-state index >= 15 is 0 Å². The van der Waals surface area contributed by atoms with Gasteiger partial charge in [-0.1, -0.05) is 0 Å². The second-order valence-corrected chi connectivity index (χ2v) is 13.5. The first kappa shape index (κ1) is 31.0. The summed E-state index contributed by atoms with van der Waals surface area (Å²) in [5, 5.41) is 46.5. The van der Waals surface area contributed by atoms with Gasteiger partial charge in [0.2, 0.25) is 0 Å². The van der Waals surface area contributed by atoms with Crippen LogP contribution in [0.15, 0.2) is 39.6 Å². The Kier molecular flexibility index (Phi) is 6.75. The van der Waals surface area contributed by atoms with E-state index in [-0.39, 0.29) is 9.80 Å². The molecular weight excluding hydrogens is 546 g/mol. The number of likely N-dealkylation sites (N-methyl/N-ethyl adjacent to an activating group) is 1. The zero-order chi connectivity index (χ0) is 30.6. The van der Waals surface area contributed by atoms with Gasteiger partial charge in [-0.2, -0.15) is 0 Å². The van der Waals surface area contributed by atoms with Crippen molar-refractivity contribution in [2.75, 3.05) is 14.1 Å². The van der Waals surface area contributed by atoms with Crippen molar-refractivity contribution in [2.45, 2.75) is 66.5 Å². The molecule has 9 nitrogen and oxygen atoms in total. The average molecular weight is 583 g/mol. The molecule has 1 fully saturated rings. The van der Waals surface area contributed by atoms with E-state index in [4.69, 9.17) is 5.73 Å². The molecule has 0 aromatic rings. The summed E-state index contributed by atoms with van der Waals surface area (Å²) in [4.78, 5) is 42.6. The van der Waals surface area contributed by atoms with E-state index in [0.29, 0.717) is 0 Å². The van der Waals surface area contributed by atoms with Crippen molar-refractivity contribution in [1.82, 2.24) is 4.90 Å². The SMILES string of the molecule is C[C](=[V])C(O)=C1C(=[C-]F)C(C)(C)[C@]2(C)C(=C1O)C(=O)C1(O)C(=O)C(C(N)=O)=C(O)[C@@](C)(N(C)C)[C@]1(C)C2(C)C. The summed E-state index contributed by atoms with van der Waals surface area (Å²) >= 11 is 2.05. The van der Waals surface area contributed by atoms with Crippen LogP contribution in [0.4, 0.5) is 4.39 Å². The maximum atomic E-state index is 14.7. The summed E-state index contributed by atoms with van der Waals surface area (Å²) in [6, 6.07) is 0. The number of primary amides is 1. The van der Waals surface area contributed by atoms with Gasteiger partial charge in [0.15, 0.2) is 0 Å². The fourth-order valence-corrected chi connectivity index (χ4v) is 7.84. The van der Waals surface area contributed by atoms with Crippen molar-refractivity contribution in [3.05, 3.63) is 45.9 Å². The van der Waals surface area contributed by atoms with Gasteiger partial charge in [0.25, 0.3) is 0 Å². The Balaban J connectivity index is 2.76. The monoisotopic (exact) mass is 582 g/mol.